The number of aromatic carboxylic acids is 1. The van der Waals surface area contributed by atoms with E-state index in [0.717, 1.165) is 59.8 Å². The van der Waals surface area contributed by atoms with Gasteiger partial charge in [-0.3, -0.25) is 0 Å². The van der Waals surface area contributed by atoms with Gasteiger partial charge in [-0.2, -0.15) is 4.37 Å². The highest BCUT2D eigenvalue weighted by Crippen LogP contribution is 2.46. The summed E-state index contributed by atoms with van der Waals surface area (Å²) in [5, 5.41) is 15.4. The largest absolute Gasteiger partial charge is 0.489 e. The maximum Gasteiger partial charge on any atom is 0.356 e. The number of halogens is 2. The lowest BCUT2D eigenvalue weighted by Gasteiger charge is -2.31. The van der Waals surface area contributed by atoms with Crippen LogP contribution in [0.4, 0.5) is 5.69 Å². The average Bonchev–Trinajstić information content (AvgIpc) is 3.57. The molecule has 0 amide bonds. The van der Waals surface area contributed by atoms with Gasteiger partial charge in [0.25, 0.3) is 0 Å². The smallest absolute Gasteiger partial charge is 0.356 e. The lowest BCUT2D eigenvalue weighted by molar-refractivity contribution is 0.0694. The van der Waals surface area contributed by atoms with E-state index in [1.807, 2.05) is 30.3 Å². The van der Waals surface area contributed by atoms with Crippen LogP contribution in [0.3, 0.4) is 0 Å². The first-order chi connectivity index (χ1) is 19.5. The van der Waals surface area contributed by atoms with E-state index in [2.05, 4.69) is 26.6 Å². The summed E-state index contributed by atoms with van der Waals surface area (Å²) in [5.74, 6) is 1.00. The number of carboxylic acids is 1. The third-order valence-electron chi connectivity index (χ3n) is 7.56. The van der Waals surface area contributed by atoms with Gasteiger partial charge in [0, 0.05) is 35.6 Å². The Morgan fingerprint density at radius 1 is 1.10 bits per heavy atom. The Hall–Kier alpha value is -3.59. The van der Waals surface area contributed by atoms with Gasteiger partial charge in [-0.05, 0) is 84.4 Å². The monoisotopic (exact) mass is 591 g/mol. The molecular formula is C30H23Cl2N3O4S. The van der Waals surface area contributed by atoms with Crippen LogP contribution in [0.1, 0.15) is 51.7 Å². The Kier molecular flexibility index (Phi) is 6.41. The molecule has 5 aromatic rings. The van der Waals surface area contributed by atoms with E-state index in [9.17, 15) is 9.90 Å². The fourth-order valence-electron chi connectivity index (χ4n) is 5.32. The van der Waals surface area contributed by atoms with E-state index in [1.54, 1.807) is 12.1 Å². The SMILES string of the molecule is O=C(O)c1nsc2cc(N3CCc4cc(OCc5c(-c6c(Cl)cccc6Cl)noc5C5CC5)ccc4C3)ccc12. The summed E-state index contributed by atoms with van der Waals surface area (Å²) >= 11 is 14.2. The van der Waals surface area contributed by atoms with Crippen LogP contribution in [-0.2, 0) is 19.6 Å². The standard InChI is InChI=1S/C30H23Cl2N3O4S/c31-23-2-1-3-24(32)26(23)27-22(29(39-33-27)16-4-5-16)15-38-20-8-6-18-14-35(11-10-17(18)12-20)19-7-9-21-25(13-19)40-34-28(21)30(36)37/h1-3,6-9,12-13,16H,4-5,10-11,14-15H2,(H,36,37). The highest BCUT2D eigenvalue weighted by atomic mass is 35.5. The summed E-state index contributed by atoms with van der Waals surface area (Å²) < 4.78 is 17.1. The number of nitrogens with zero attached hydrogens (tertiary/aromatic N) is 3. The van der Waals surface area contributed by atoms with Crippen LogP contribution in [0.5, 0.6) is 5.75 Å². The fraction of sp³-hybridized carbons (Fsp3) is 0.233. The van der Waals surface area contributed by atoms with Gasteiger partial charge in [-0.15, -0.1) is 0 Å². The number of carboxylic acid groups (broad SMARTS) is 1. The second-order valence-corrected chi connectivity index (χ2v) is 11.8. The fourth-order valence-corrected chi connectivity index (χ4v) is 6.70. The van der Waals surface area contributed by atoms with Crippen LogP contribution in [0.2, 0.25) is 10.0 Å². The second-order valence-electron chi connectivity index (χ2n) is 10.2. The highest BCUT2D eigenvalue weighted by Gasteiger charge is 2.33. The van der Waals surface area contributed by atoms with Crippen molar-refractivity contribution in [3.8, 4) is 17.0 Å². The quantitative estimate of drug-likeness (QED) is 0.205. The van der Waals surface area contributed by atoms with E-state index in [1.165, 1.54) is 22.7 Å². The van der Waals surface area contributed by atoms with Crippen LogP contribution in [0.15, 0.2) is 59.1 Å². The molecule has 1 N–H and O–H groups in total. The normalized spacial score (nSPS) is 14.9. The molecule has 3 heterocycles. The van der Waals surface area contributed by atoms with Crippen molar-refractivity contribution >= 4 is 56.5 Å². The third-order valence-corrected chi connectivity index (χ3v) is 9.00. The average molecular weight is 593 g/mol. The van der Waals surface area contributed by atoms with Gasteiger partial charge >= 0.3 is 5.97 Å². The first kappa shape index (κ1) is 25.4. The molecule has 2 aliphatic rings. The number of rotatable bonds is 7. The molecule has 7 rings (SSSR count). The summed E-state index contributed by atoms with van der Waals surface area (Å²) in [6.45, 7) is 1.92. The highest BCUT2D eigenvalue weighted by molar-refractivity contribution is 7.13. The Morgan fingerprint density at radius 2 is 1.93 bits per heavy atom. The predicted molar refractivity (Wildman–Crippen MR) is 156 cm³/mol. The zero-order valence-corrected chi connectivity index (χ0v) is 23.5. The molecule has 1 saturated carbocycles. The molecule has 10 heteroatoms. The molecule has 0 radical (unpaired) electrons. The van der Waals surface area contributed by atoms with E-state index >= 15 is 0 Å². The molecule has 0 saturated heterocycles. The number of anilines is 1. The number of benzene rings is 3. The molecule has 40 heavy (non-hydrogen) atoms. The van der Waals surface area contributed by atoms with Crippen molar-refractivity contribution in [3.63, 3.8) is 0 Å². The molecule has 0 atom stereocenters. The van der Waals surface area contributed by atoms with Crippen molar-refractivity contribution in [2.45, 2.75) is 38.3 Å². The van der Waals surface area contributed by atoms with Gasteiger partial charge in [0.2, 0.25) is 0 Å². The first-order valence-corrected chi connectivity index (χ1v) is 14.5. The zero-order chi connectivity index (χ0) is 27.4. The maximum absolute atomic E-state index is 11.4. The Bertz CT molecular complexity index is 1760. The van der Waals surface area contributed by atoms with Crippen LogP contribution in [0, 0.1) is 0 Å². The summed E-state index contributed by atoms with van der Waals surface area (Å²) in [5.41, 5.74) is 5.86. The molecule has 3 aromatic carbocycles. The van der Waals surface area contributed by atoms with Crippen molar-refractivity contribution in [3.05, 3.63) is 92.8 Å². The number of carbonyl (C=O) groups is 1. The molecule has 0 unspecified atom stereocenters. The lowest BCUT2D eigenvalue weighted by atomic mass is 9.98. The Morgan fingerprint density at radius 3 is 2.70 bits per heavy atom. The predicted octanol–water partition coefficient (Wildman–Crippen LogP) is 7.98. The van der Waals surface area contributed by atoms with Gasteiger partial charge in [0.1, 0.15) is 23.8 Å². The molecule has 1 aliphatic heterocycles. The van der Waals surface area contributed by atoms with E-state index in [-0.39, 0.29) is 5.69 Å². The molecular weight excluding hydrogens is 569 g/mol. The Labute approximate surface area is 244 Å². The third kappa shape index (κ3) is 4.60. The lowest BCUT2D eigenvalue weighted by Crippen LogP contribution is -2.30. The molecule has 1 aliphatic carbocycles. The van der Waals surface area contributed by atoms with Crippen molar-refractivity contribution in [2.24, 2.45) is 0 Å². The second kappa shape index (κ2) is 10.1. The van der Waals surface area contributed by atoms with Gasteiger partial charge < -0.3 is 19.3 Å². The minimum Gasteiger partial charge on any atom is -0.489 e. The summed E-state index contributed by atoms with van der Waals surface area (Å²) in [6.07, 6.45) is 3.02. The summed E-state index contributed by atoms with van der Waals surface area (Å²) in [7, 11) is 0. The molecule has 1 fully saturated rings. The molecule has 2 aromatic heterocycles. The van der Waals surface area contributed by atoms with Crippen molar-refractivity contribution in [1.82, 2.24) is 9.53 Å². The van der Waals surface area contributed by atoms with Gasteiger partial charge in [0.05, 0.1) is 20.3 Å². The molecule has 0 spiro atoms. The summed E-state index contributed by atoms with van der Waals surface area (Å²) in [4.78, 5) is 13.7. The molecule has 202 valence electrons. The molecule has 0 bridgehead atoms. The van der Waals surface area contributed by atoms with E-state index < -0.39 is 5.97 Å². The summed E-state index contributed by atoms with van der Waals surface area (Å²) in [6, 6.07) is 17.5. The van der Waals surface area contributed by atoms with Crippen LogP contribution in [-0.4, -0.2) is 27.2 Å². The van der Waals surface area contributed by atoms with Crippen LogP contribution in [0.25, 0.3) is 21.3 Å². The van der Waals surface area contributed by atoms with E-state index in [0.29, 0.717) is 39.2 Å². The van der Waals surface area contributed by atoms with Crippen LogP contribution < -0.4 is 9.64 Å². The Balaban J connectivity index is 1.10. The van der Waals surface area contributed by atoms with Crippen LogP contribution >= 0.6 is 34.7 Å². The number of aromatic nitrogens is 2. The number of fused-ring (bicyclic) bond motifs is 2. The number of ether oxygens (including phenoxy) is 1. The van der Waals surface area contributed by atoms with Crippen molar-refractivity contribution in [2.75, 3.05) is 11.4 Å². The number of hydrogen-bond acceptors (Lipinski definition) is 7. The van der Waals surface area contributed by atoms with Gasteiger partial charge in [-0.1, -0.05) is 40.5 Å². The number of hydrogen-bond donors (Lipinski definition) is 1. The zero-order valence-electron chi connectivity index (χ0n) is 21.2. The van der Waals surface area contributed by atoms with Crippen molar-refractivity contribution < 1.29 is 19.2 Å². The van der Waals surface area contributed by atoms with Gasteiger partial charge in [-0.25, -0.2) is 4.79 Å². The minimum absolute atomic E-state index is 0.112. The maximum atomic E-state index is 11.4. The van der Waals surface area contributed by atoms with E-state index in [4.69, 9.17) is 32.5 Å². The first-order valence-electron chi connectivity index (χ1n) is 13.0. The minimum atomic E-state index is -0.999. The van der Waals surface area contributed by atoms with Crippen molar-refractivity contribution in [1.29, 1.82) is 0 Å². The van der Waals surface area contributed by atoms with Gasteiger partial charge in [0.15, 0.2) is 5.69 Å². The topological polar surface area (TPSA) is 88.7 Å². The molecule has 7 nitrogen and oxygen atoms in total.